The number of rotatable bonds is 5. The highest BCUT2D eigenvalue weighted by Gasteiger charge is 2.40. The fraction of sp³-hybridized carbons (Fsp3) is 0.600. The summed E-state index contributed by atoms with van der Waals surface area (Å²) in [5.74, 6) is 3.79. The van der Waals surface area contributed by atoms with Crippen LogP contribution in [-0.2, 0) is 0 Å². The van der Waals surface area contributed by atoms with Gasteiger partial charge in [0, 0.05) is 6.04 Å². The molecule has 1 aromatic carbocycles. The van der Waals surface area contributed by atoms with Gasteiger partial charge in [-0.1, -0.05) is 0 Å². The van der Waals surface area contributed by atoms with Gasteiger partial charge in [0.1, 0.15) is 0 Å². The van der Waals surface area contributed by atoms with Crippen LogP contribution in [0.1, 0.15) is 30.7 Å². The molecule has 1 aromatic rings. The Hall–Kier alpha value is -1.42. The number of fused-ring (bicyclic) bond motifs is 1. The maximum atomic E-state index is 5.49. The molecule has 0 amide bonds. The van der Waals surface area contributed by atoms with E-state index in [0.29, 0.717) is 12.7 Å². The standard InChI is InChI=1S/C15H19NO3/c1-17-13-5-9(6-14-15(13)19-8-18-14)12-4-10(12)7-16-11-2-3-11/h5-6,10-12,16H,2-4,7-8H2,1H3. The molecule has 4 rings (SSSR count). The highest BCUT2D eigenvalue weighted by atomic mass is 16.7. The summed E-state index contributed by atoms with van der Waals surface area (Å²) in [5, 5.41) is 3.61. The molecule has 2 fully saturated rings. The van der Waals surface area contributed by atoms with Crippen LogP contribution in [0.15, 0.2) is 12.1 Å². The third-order valence-electron chi connectivity index (χ3n) is 4.28. The van der Waals surface area contributed by atoms with Crippen LogP contribution in [0.4, 0.5) is 0 Å². The molecule has 2 atom stereocenters. The third kappa shape index (κ3) is 2.14. The van der Waals surface area contributed by atoms with Crippen molar-refractivity contribution < 1.29 is 14.2 Å². The quantitative estimate of drug-likeness (QED) is 0.882. The molecule has 102 valence electrons. The van der Waals surface area contributed by atoms with Crippen LogP contribution in [0.25, 0.3) is 0 Å². The predicted molar refractivity (Wildman–Crippen MR) is 71.0 cm³/mol. The van der Waals surface area contributed by atoms with Gasteiger partial charge in [0.15, 0.2) is 11.5 Å². The Kier molecular flexibility index (Phi) is 2.58. The second kappa shape index (κ2) is 4.30. The molecule has 4 nitrogen and oxygen atoms in total. The molecule has 1 aliphatic heterocycles. The molecule has 0 spiro atoms. The normalized spacial score (nSPS) is 27.4. The van der Waals surface area contributed by atoms with Crippen LogP contribution < -0.4 is 19.5 Å². The van der Waals surface area contributed by atoms with Gasteiger partial charge in [-0.25, -0.2) is 0 Å². The van der Waals surface area contributed by atoms with Crippen LogP contribution in [0, 0.1) is 5.92 Å². The summed E-state index contributed by atoms with van der Waals surface area (Å²) >= 11 is 0. The number of hydrogen-bond acceptors (Lipinski definition) is 4. The Morgan fingerprint density at radius 2 is 2.21 bits per heavy atom. The monoisotopic (exact) mass is 261 g/mol. The molecule has 0 aromatic heterocycles. The van der Waals surface area contributed by atoms with E-state index in [0.717, 1.165) is 35.8 Å². The summed E-state index contributed by atoms with van der Waals surface area (Å²) in [5.41, 5.74) is 1.32. The maximum Gasteiger partial charge on any atom is 0.231 e. The first-order valence-electron chi connectivity index (χ1n) is 7.06. The summed E-state index contributed by atoms with van der Waals surface area (Å²) in [6.45, 7) is 1.44. The Morgan fingerprint density at radius 3 is 3.00 bits per heavy atom. The lowest BCUT2D eigenvalue weighted by atomic mass is 10.1. The van der Waals surface area contributed by atoms with Gasteiger partial charge >= 0.3 is 0 Å². The van der Waals surface area contributed by atoms with E-state index in [4.69, 9.17) is 14.2 Å². The van der Waals surface area contributed by atoms with Crippen molar-refractivity contribution in [3.05, 3.63) is 17.7 Å². The largest absolute Gasteiger partial charge is 0.493 e. The molecule has 1 heterocycles. The van der Waals surface area contributed by atoms with Crippen LogP contribution in [0.5, 0.6) is 17.2 Å². The summed E-state index contributed by atoms with van der Waals surface area (Å²) in [6.07, 6.45) is 3.98. The van der Waals surface area contributed by atoms with E-state index in [1.165, 1.54) is 24.8 Å². The molecule has 0 radical (unpaired) electrons. The van der Waals surface area contributed by atoms with Crippen molar-refractivity contribution >= 4 is 0 Å². The zero-order chi connectivity index (χ0) is 12.8. The highest BCUT2D eigenvalue weighted by Crippen LogP contribution is 2.52. The molecule has 19 heavy (non-hydrogen) atoms. The van der Waals surface area contributed by atoms with Crippen molar-refractivity contribution in [1.29, 1.82) is 0 Å². The van der Waals surface area contributed by atoms with E-state index in [1.807, 2.05) is 0 Å². The van der Waals surface area contributed by atoms with Crippen molar-refractivity contribution in [2.45, 2.75) is 31.2 Å². The maximum absolute atomic E-state index is 5.49. The first-order chi connectivity index (χ1) is 9.35. The van der Waals surface area contributed by atoms with E-state index >= 15 is 0 Å². The topological polar surface area (TPSA) is 39.7 Å². The van der Waals surface area contributed by atoms with Crippen LogP contribution in [-0.4, -0.2) is 26.5 Å². The van der Waals surface area contributed by atoms with E-state index in [2.05, 4.69) is 17.4 Å². The molecule has 0 bridgehead atoms. The Balaban J connectivity index is 1.49. The zero-order valence-corrected chi connectivity index (χ0v) is 11.1. The Morgan fingerprint density at radius 1 is 1.32 bits per heavy atom. The van der Waals surface area contributed by atoms with E-state index in [1.54, 1.807) is 7.11 Å². The van der Waals surface area contributed by atoms with Gasteiger partial charge in [0.2, 0.25) is 12.5 Å². The molecule has 2 saturated carbocycles. The average molecular weight is 261 g/mol. The highest BCUT2D eigenvalue weighted by molar-refractivity contribution is 5.56. The lowest BCUT2D eigenvalue weighted by molar-refractivity contribution is 0.171. The van der Waals surface area contributed by atoms with Crippen molar-refractivity contribution in [3.8, 4) is 17.2 Å². The third-order valence-corrected chi connectivity index (χ3v) is 4.28. The molecule has 3 aliphatic rings. The first kappa shape index (κ1) is 11.4. The number of methoxy groups -OCH3 is 1. The minimum atomic E-state index is 0.298. The minimum Gasteiger partial charge on any atom is -0.493 e. The van der Waals surface area contributed by atoms with E-state index in [9.17, 15) is 0 Å². The van der Waals surface area contributed by atoms with Crippen LogP contribution in [0.3, 0.4) is 0 Å². The summed E-state index contributed by atoms with van der Waals surface area (Å²) in [7, 11) is 1.68. The fourth-order valence-electron chi connectivity index (χ4n) is 2.85. The second-order valence-electron chi connectivity index (χ2n) is 5.74. The fourth-order valence-corrected chi connectivity index (χ4v) is 2.85. The predicted octanol–water partition coefficient (Wildman–Crippen LogP) is 2.28. The van der Waals surface area contributed by atoms with E-state index < -0.39 is 0 Å². The summed E-state index contributed by atoms with van der Waals surface area (Å²) in [6, 6.07) is 5.02. The van der Waals surface area contributed by atoms with Crippen molar-refractivity contribution in [1.82, 2.24) is 5.32 Å². The Bertz CT molecular complexity index is 498. The van der Waals surface area contributed by atoms with Gasteiger partial charge < -0.3 is 19.5 Å². The van der Waals surface area contributed by atoms with Crippen molar-refractivity contribution in [2.75, 3.05) is 20.4 Å². The van der Waals surface area contributed by atoms with E-state index in [-0.39, 0.29) is 0 Å². The lowest BCUT2D eigenvalue weighted by Gasteiger charge is -2.08. The van der Waals surface area contributed by atoms with Crippen molar-refractivity contribution in [2.24, 2.45) is 5.92 Å². The molecule has 2 aliphatic carbocycles. The minimum absolute atomic E-state index is 0.298. The van der Waals surface area contributed by atoms with Gasteiger partial charge in [-0.05, 0) is 55.3 Å². The van der Waals surface area contributed by atoms with Gasteiger partial charge in [-0.2, -0.15) is 0 Å². The molecular weight excluding hydrogens is 242 g/mol. The molecule has 1 N–H and O–H groups in total. The SMILES string of the molecule is COc1cc(C2CC2CNC2CC2)cc2c1OCO2. The number of hydrogen-bond donors (Lipinski definition) is 1. The lowest BCUT2D eigenvalue weighted by Crippen LogP contribution is -2.19. The zero-order valence-electron chi connectivity index (χ0n) is 11.1. The van der Waals surface area contributed by atoms with Crippen LogP contribution >= 0.6 is 0 Å². The summed E-state index contributed by atoms with van der Waals surface area (Å²) < 4.78 is 16.3. The van der Waals surface area contributed by atoms with Gasteiger partial charge in [0.25, 0.3) is 0 Å². The Labute approximate surface area is 113 Å². The smallest absolute Gasteiger partial charge is 0.231 e. The van der Waals surface area contributed by atoms with Crippen LogP contribution in [0.2, 0.25) is 0 Å². The molecule has 2 unspecified atom stereocenters. The number of ether oxygens (including phenoxy) is 3. The first-order valence-corrected chi connectivity index (χ1v) is 7.06. The molecule has 0 saturated heterocycles. The molecule has 4 heteroatoms. The van der Waals surface area contributed by atoms with Gasteiger partial charge in [-0.15, -0.1) is 0 Å². The van der Waals surface area contributed by atoms with Crippen molar-refractivity contribution in [3.63, 3.8) is 0 Å². The number of benzene rings is 1. The summed E-state index contributed by atoms with van der Waals surface area (Å²) in [4.78, 5) is 0. The van der Waals surface area contributed by atoms with Gasteiger partial charge in [-0.3, -0.25) is 0 Å². The van der Waals surface area contributed by atoms with Gasteiger partial charge in [0.05, 0.1) is 7.11 Å². The molecular formula is C15H19NO3. The average Bonchev–Trinajstić information content (AvgIpc) is 3.33. The number of nitrogens with one attached hydrogen (secondary N) is 1. The second-order valence-corrected chi connectivity index (χ2v) is 5.74.